The highest BCUT2D eigenvalue weighted by atomic mass is 79.9. The number of nitrogens with zero attached hydrogens (tertiary/aromatic N) is 1. The Bertz CT molecular complexity index is 654. The third kappa shape index (κ3) is 5.00. The molecular weight excluding hydrogens is 344 g/mol. The highest BCUT2D eigenvalue weighted by Gasteiger charge is 2.01. The highest BCUT2D eigenvalue weighted by Crippen LogP contribution is 2.13. The van der Waals surface area contributed by atoms with Crippen LogP contribution in [0.4, 0.5) is 0 Å². The summed E-state index contributed by atoms with van der Waals surface area (Å²) in [5.74, 6) is 0.366. The van der Waals surface area contributed by atoms with Crippen LogP contribution in [-0.4, -0.2) is 18.7 Å². The number of ether oxygens (including phenoxy) is 1. The Balaban J connectivity index is 1.79. The van der Waals surface area contributed by atoms with Gasteiger partial charge in [-0.2, -0.15) is 5.10 Å². The lowest BCUT2D eigenvalue weighted by molar-refractivity contribution is -0.123. The summed E-state index contributed by atoms with van der Waals surface area (Å²) in [6.45, 7) is 2.02. The molecule has 0 saturated carbocycles. The molecule has 0 radical (unpaired) electrons. The summed E-state index contributed by atoms with van der Waals surface area (Å²) >= 11 is 3.41. The van der Waals surface area contributed by atoms with Crippen LogP contribution in [0.2, 0.25) is 0 Å². The maximum atomic E-state index is 11.7. The second kappa shape index (κ2) is 8.34. The maximum absolute atomic E-state index is 11.7. The minimum atomic E-state index is -0.303. The maximum Gasteiger partial charge on any atom is 0.277 e. The molecule has 0 aliphatic rings. The summed E-state index contributed by atoms with van der Waals surface area (Å²) in [7, 11) is 0. The van der Waals surface area contributed by atoms with Crippen molar-refractivity contribution in [1.82, 2.24) is 5.43 Å². The van der Waals surface area contributed by atoms with Crippen molar-refractivity contribution in [2.75, 3.05) is 6.61 Å². The summed E-state index contributed by atoms with van der Waals surface area (Å²) in [6.07, 6.45) is 2.56. The average Bonchev–Trinajstić information content (AvgIpc) is 2.55. The van der Waals surface area contributed by atoms with Crippen molar-refractivity contribution in [3.8, 4) is 5.75 Å². The van der Waals surface area contributed by atoms with Gasteiger partial charge >= 0.3 is 0 Å². The molecule has 0 heterocycles. The van der Waals surface area contributed by atoms with Crippen molar-refractivity contribution in [2.24, 2.45) is 5.10 Å². The summed E-state index contributed by atoms with van der Waals surface area (Å²) in [5.41, 5.74) is 4.56. The number of hydrazone groups is 1. The van der Waals surface area contributed by atoms with Crippen molar-refractivity contribution >= 4 is 28.1 Å². The first-order valence-electron chi connectivity index (χ1n) is 6.97. The number of benzene rings is 2. The Morgan fingerprint density at radius 2 is 1.95 bits per heavy atom. The first kappa shape index (κ1) is 16.2. The average molecular weight is 361 g/mol. The molecule has 0 fully saturated rings. The molecule has 0 aliphatic carbocycles. The molecule has 4 nitrogen and oxygen atoms in total. The molecule has 2 aromatic carbocycles. The fraction of sp³-hybridized carbons (Fsp3) is 0.176. The first-order valence-corrected chi connectivity index (χ1v) is 7.76. The van der Waals surface area contributed by atoms with E-state index in [2.05, 4.69) is 33.4 Å². The van der Waals surface area contributed by atoms with Gasteiger partial charge in [0.1, 0.15) is 5.75 Å². The number of rotatable bonds is 6. The Kier molecular flexibility index (Phi) is 6.15. The molecule has 5 heteroatoms. The van der Waals surface area contributed by atoms with Gasteiger partial charge in [0.2, 0.25) is 0 Å². The Hall–Kier alpha value is -2.14. The topological polar surface area (TPSA) is 50.7 Å². The number of carbonyl (C=O) groups is 1. The molecule has 114 valence electrons. The van der Waals surface area contributed by atoms with Crippen LogP contribution in [0.3, 0.4) is 0 Å². The number of carbonyl (C=O) groups excluding carboxylic acids is 1. The normalized spacial score (nSPS) is 10.6. The molecule has 1 amide bonds. The second-order valence-corrected chi connectivity index (χ2v) is 5.46. The van der Waals surface area contributed by atoms with Gasteiger partial charge in [0.25, 0.3) is 5.91 Å². The lowest BCUT2D eigenvalue weighted by atomic mass is 10.2. The lowest BCUT2D eigenvalue weighted by Crippen LogP contribution is -2.24. The predicted molar refractivity (Wildman–Crippen MR) is 91.2 cm³/mol. The molecule has 0 spiro atoms. The molecule has 0 aromatic heterocycles. The summed E-state index contributed by atoms with van der Waals surface area (Å²) in [4.78, 5) is 11.7. The molecule has 22 heavy (non-hydrogen) atoms. The fourth-order valence-corrected chi connectivity index (χ4v) is 2.14. The van der Waals surface area contributed by atoms with E-state index >= 15 is 0 Å². The van der Waals surface area contributed by atoms with E-state index in [1.165, 1.54) is 5.56 Å². The SMILES string of the molecule is CCc1ccc(OCC(=O)NN=Cc2ccccc2Br)cc1. The minimum Gasteiger partial charge on any atom is -0.484 e. The van der Waals surface area contributed by atoms with Gasteiger partial charge in [-0.25, -0.2) is 5.43 Å². The van der Waals surface area contributed by atoms with Gasteiger partial charge in [-0.3, -0.25) is 4.79 Å². The van der Waals surface area contributed by atoms with E-state index < -0.39 is 0 Å². The van der Waals surface area contributed by atoms with Crippen molar-refractivity contribution in [2.45, 2.75) is 13.3 Å². The van der Waals surface area contributed by atoms with Gasteiger partial charge < -0.3 is 4.74 Å². The Morgan fingerprint density at radius 1 is 1.23 bits per heavy atom. The molecule has 0 saturated heterocycles. The van der Waals surface area contributed by atoms with Crippen LogP contribution < -0.4 is 10.2 Å². The van der Waals surface area contributed by atoms with Gasteiger partial charge in [0.05, 0.1) is 6.21 Å². The molecule has 2 aromatic rings. The van der Waals surface area contributed by atoms with Crippen LogP contribution in [0.1, 0.15) is 18.1 Å². The van der Waals surface area contributed by atoms with Gasteiger partial charge in [-0.15, -0.1) is 0 Å². The van der Waals surface area contributed by atoms with E-state index in [4.69, 9.17) is 4.74 Å². The van der Waals surface area contributed by atoms with Gasteiger partial charge in [0, 0.05) is 10.0 Å². The standard InChI is InChI=1S/C17H17BrN2O2/c1-2-13-7-9-15(10-8-13)22-12-17(21)20-19-11-14-5-3-4-6-16(14)18/h3-11H,2,12H2,1H3,(H,20,21). The predicted octanol–water partition coefficient (Wildman–Crippen LogP) is 3.54. The van der Waals surface area contributed by atoms with Gasteiger partial charge in [-0.1, -0.05) is 53.2 Å². The van der Waals surface area contributed by atoms with E-state index in [0.717, 1.165) is 16.5 Å². The van der Waals surface area contributed by atoms with Crippen LogP contribution in [0.25, 0.3) is 0 Å². The second-order valence-electron chi connectivity index (χ2n) is 4.60. The van der Waals surface area contributed by atoms with Crippen LogP contribution in [-0.2, 0) is 11.2 Å². The smallest absolute Gasteiger partial charge is 0.277 e. The number of hydrogen-bond acceptors (Lipinski definition) is 3. The number of nitrogens with one attached hydrogen (secondary N) is 1. The monoisotopic (exact) mass is 360 g/mol. The number of halogens is 1. The molecule has 0 bridgehead atoms. The third-order valence-electron chi connectivity index (χ3n) is 3.00. The van der Waals surface area contributed by atoms with Crippen LogP contribution in [0.15, 0.2) is 58.1 Å². The number of hydrogen-bond donors (Lipinski definition) is 1. The zero-order valence-corrected chi connectivity index (χ0v) is 13.8. The summed E-state index contributed by atoms with van der Waals surface area (Å²) in [5, 5.41) is 3.91. The zero-order valence-electron chi connectivity index (χ0n) is 12.3. The molecule has 0 aliphatic heterocycles. The van der Waals surface area contributed by atoms with E-state index in [0.29, 0.717) is 5.75 Å². The van der Waals surface area contributed by atoms with E-state index in [1.54, 1.807) is 6.21 Å². The van der Waals surface area contributed by atoms with Crippen LogP contribution in [0.5, 0.6) is 5.75 Å². The van der Waals surface area contributed by atoms with E-state index in [-0.39, 0.29) is 12.5 Å². The Morgan fingerprint density at radius 3 is 2.64 bits per heavy atom. The molecule has 1 N–H and O–H groups in total. The summed E-state index contributed by atoms with van der Waals surface area (Å²) < 4.78 is 6.32. The molecule has 2 rings (SSSR count). The zero-order chi connectivity index (χ0) is 15.8. The number of amides is 1. The third-order valence-corrected chi connectivity index (χ3v) is 3.72. The van der Waals surface area contributed by atoms with Crippen molar-refractivity contribution in [3.05, 3.63) is 64.1 Å². The highest BCUT2D eigenvalue weighted by molar-refractivity contribution is 9.10. The van der Waals surface area contributed by atoms with Crippen LogP contribution >= 0.6 is 15.9 Å². The lowest BCUT2D eigenvalue weighted by Gasteiger charge is -2.05. The summed E-state index contributed by atoms with van der Waals surface area (Å²) in [6, 6.07) is 15.3. The quantitative estimate of drug-likeness (QED) is 0.632. The van der Waals surface area contributed by atoms with Crippen molar-refractivity contribution in [3.63, 3.8) is 0 Å². The van der Waals surface area contributed by atoms with E-state index in [1.807, 2.05) is 48.5 Å². The molecular formula is C17H17BrN2O2. The van der Waals surface area contributed by atoms with Crippen LogP contribution in [0, 0.1) is 0 Å². The number of aryl methyl sites for hydroxylation is 1. The minimum absolute atomic E-state index is 0.0707. The largest absolute Gasteiger partial charge is 0.484 e. The van der Waals surface area contributed by atoms with E-state index in [9.17, 15) is 4.79 Å². The first-order chi connectivity index (χ1) is 10.7. The molecule has 0 atom stereocenters. The van der Waals surface area contributed by atoms with Gasteiger partial charge in [0.15, 0.2) is 6.61 Å². The fourth-order valence-electron chi connectivity index (χ4n) is 1.76. The van der Waals surface area contributed by atoms with Crippen molar-refractivity contribution in [1.29, 1.82) is 0 Å². The Labute approximate surface area is 138 Å². The van der Waals surface area contributed by atoms with Crippen molar-refractivity contribution < 1.29 is 9.53 Å². The molecule has 0 unspecified atom stereocenters. The van der Waals surface area contributed by atoms with Gasteiger partial charge in [-0.05, 0) is 30.2 Å².